The van der Waals surface area contributed by atoms with Crippen LogP contribution >= 0.6 is 0 Å². The van der Waals surface area contributed by atoms with E-state index in [4.69, 9.17) is 0 Å². The molecule has 0 saturated carbocycles. The third-order valence-corrected chi connectivity index (χ3v) is 3.91. The van der Waals surface area contributed by atoms with E-state index in [-0.39, 0.29) is 11.3 Å². The first-order chi connectivity index (χ1) is 10.0. The number of carbonyl (C=O) groups is 1. The van der Waals surface area contributed by atoms with E-state index in [1.54, 1.807) is 0 Å². The molecule has 1 aromatic carbocycles. The predicted molar refractivity (Wildman–Crippen MR) is 76.5 cm³/mol. The summed E-state index contributed by atoms with van der Waals surface area (Å²) in [5, 5.41) is 2.97. The Bertz CT molecular complexity index is 523. The number of likely N-dealkylation sites (N-methyl/N-ethyl adjacent to an activating group) is 1. The number of benzene rings is 1. The molecule has 0 radical (unpaired) electrons. The molecule has 1 heterocycles. The second-order valence-corrected chi connectivity index (χ2v) is 5.31. The van der Waals surface area contributed by atoms with Gasteiger partial charge in [0.15, 0.2) is 0 Å². The zero-order valence-electron chi connectivity index (χ0n) is 12.3. The first-order valence-corrected chi connectivity index (χ1v) is 7.04. The van der Waals surface area contributed by atoms with Crippen LogP contribution in [0.5, 0.6) is 0 Å². The van der Waals surface area contributed by atoms with Crippen molar-refractivity contribution in [3.05, 3.63) is 29.3 Å². The van der Waals surface area contributed by atoms with Gasteiger partial charge < -0.3 is 15.0 Å². The number of carbonyl (C=O) groups excluding carboxylic acids is 1. The fraction of sp³-hybridized carbons (Fsp3) is 0.533. The summed E-state index contributed by atoms with van der Waals surface area (Å²) in [5.41, 5.74) is -0.144. The molecule has 1 fully saturated rings. The van der Waals surface area contributed by atoms with E-state index in [1.165, 1.54) is 12.5 Å². The van der Waals surface area contributed by atoms with Crippen molar-refractivity contribution in [2.75, 3.05) is 32.6 Å². The van der Waals surface area contributed by atoms with Crippen molar-refractivity contribution < 1.29 is 18.3 Å². The van der Waals surface area contributed by atoms with Crippen molar-refractivity contribution >= 4 is 11.7 Å². The third-order valence-electron chi connectivity index (χ3n) is 3.91. The lowest BCUT2D eigenvalue weighted by molar-refractivity contribution is 0.0595. The minimum Gasteiger partial charge on any atom is -0.465 e. The molecular formula is C15H20F2N2O2. The Balaban J connectivity index is 2.10. The number of piperidine rings is 1. The van der Waals surface area contributed by atoms with Crippen molar-refractivity contribution in [1.82, 2.24) is 4.90 Å². The Morgan fingerprint density at radius 1 is 1.38 bits per heavy atom. The number of anilines is 1. The number of nitrogens with zero attached hydrogens (tertiary/aromatic N) is 1. The summed E-state index contributed by atoms with van der Waals surface area (Å²) in [6.45, 7) is 1.57. The van der Waals surface area contributed by atoms with E-state index in [0.717, 1.165) is 26.5 Å². The summed E-state index contributed by atoms with van der Waals surface area (Å²) in [4.78, 5) is 13.7. The Labute approximate surface area is 123 Å². The predicted octanol–water partition coefficient (Wildman–Crippen LogP) is 2.65. The van der Waals surface area contributed by atoms with E-state index < -0.39 is 17.6 Å². The molecule has 0 aromatic heterocycles. The smallest absolute Gasteiger partial charge is 0.340 e. The molecule has 1 aliphatic rings. The summed E-state index contributed by atoms with van der Waals surface area (Å²) < 4.78 is 31.8. The number of hydrogen-bond acceptors (Lipinski definition) is 4. The lowest BCUT2D eigenvalue weighted by atomic mass is 10.0. The number of rotatable bonds is 4. The minimum absolute atomic E-state index is 0.121. The molecule has 21 heavy (non-hydrogen) atoms. The molecule has 116 valence electrons. The molecule has 1 aromatic rings. The quantitative estimate of drug-likeness (QED) is 0.868. The zero-order valence-corrected chi connectivity index (χ0v) is 12.3. The average Bonchev–Trinajstić information content (AvgIpc) is 2.47. The highest BCUT2D eigenvalue weighted by Gasteiger charge is 2.20. The van der Waals surface area contributed by atoms with Crippen LogP contribution in [0.4, 0.5) is 14.5 Å². The number of hydrogen-bond donors (Lipinski definition) is 1. The first-order valence-electron chi connectivity index (χ1n) is 7.04. The molecule has 1 N–H and O–H groups in total. The van der Waals surface area contributed by atoms with Crippen LogP contribution in [0.25, 0.3) is 0 Å². The van der Waals surface area contributed by atoms with Crippen LogP contribution in [-0.4, -0.2) is 44.2 Å². The van der Waals surface area contributed by atoms with Crippen molar-refractivity contribution in [3.8, 4) is 0 Å². The molecule has 1 aliphatic heterocycles. The second-order valence-electron chi connectivity index (χ2n) is 5.31. The Morgan fingerprint density at radius 2 is 2.14 bits per heavy atom. The van der Waals surface area contributed by atoms with Gasteiger partial charge in [-0.1, -0.05) is 6.42 Å². The van der Waals surface area contributed by atoms with Crippen molar-refractivity contribution in [3.63, 3.8) is 0 Å². The van der Waals surface area contributed by atoms with Crippen LogP contribution in [0.2, 0.25) is 0 Å². The molecule has 6 heteroatoms. The van der Waals surface area contributed by atoms with Gasteiger partial charge in [0, 0.05) is 18.7 Å². The Hall–Kier alpha value is -1.69. The molecule has 0 aliphatic carbocycles. The fourth-order valence-electron chi connectivity index (χ4n) is 2.58. The largest absolute Gasteiger partial charge is 0.465 e. The van der Waals surface area contributed by atoms with Gasteiger partial charge in [-0.2, -0.15) is 0 Å². The Kier molecular flexibility index (Phi) is 5.12. The normalized spacial score (nSPS) is 19.3. The molecule has 1 saturated heterocycles. The summed E-state index contributed by atoms with van der Waals surface area (Å²) in [6.07, 6.45) is 3.36. The van der Waals surface area contributed by atoms with Crippen molar-refractivity contribution in [1.29, 1.82) is 0 Å². The highest BCUT2D eigenvalue weighted by molar-refractivity contribution is 5.90. The highest BCUT2D eigenvalue weighted by Crippen LogP contribution is 2.22. The minimum atomic E-state index is -0.917. The van der Waals surface area contributed by atoms with Gasteiger partial charge in [0.2, 0.25) is 0 Å². The van der Waals surface area contributed by atoms with Crippen molar-refractivity contribution in [2.24, 2.45) is 0 Å². The molecule has 4 nitrogen and oxygen atoms in total. The number of halogens is 2. The molecule has 0 bridgehead atoms. The maximum absolute atomic E-state index is 13.8. The monoisotopic (exact) mass is 298 g/mol. The van der Waals surface area contributed by atoms with Crippen LogP contribution in [0, 0.1) is 11.6 Å². The lowest BCUT2D eigenvalue weighted by Crippen LogP contribution is -2.40. The van der Waals surface area contributed by atoms with Gasteiger partial charge in [-0.15, -0.1) is 0 Å². The van der Waals surface area contributed by atoms with Crippen LogP contribution in [0.1, 0.15) is 29.6 Å². The standard InChI is InChI=1S/C15H20F2N2O2/c1-19-6-4-3-5-10(19)9-18-14-7-11(15(20)21-2)12(16)8-13(14)17/h7-8,10,18H,3-6,9H2,1-2H3. The van der Waals surface area contributed by atoms with Gasteiger partial charge in [-0.05, 0) is 32.5 Å². The van der Waals surface area contributed by atoms with Crippen LogP contribution in [0.3, 0.4) is 0 Å². The first kappa shape index (κ1) is 15.7. The van der Waals surface area contributed by atoms with Crippen molar-refractivity contribution in [2.45, 2.75) is 25.3 Å². The molecular weight excluding hydrogens is 278 g/mol. The van der Waals surface area contributed by atoms with E-state index in [1.807, 2.05) is 7.05 Å². The van der Waals surface area contributed by atoms with Gasteiger partial charge in [0.25, 0.3) is 0 Å². The zero-order chi connectivity index (χ0) is 15.4. The summed E-state index contributed by atoms with van der Waals surface area (Å²) in [7, 11) is 3.20. The SMILES string of the molecule is COC(=O)c1cc(NCC2CCCCN2C)c(F)cc1F. The number of methoxy groups -OCH3 is 1. The molecule has 1 atom stereocenters. The lowest BCUT2D eigenvalue weighted by Gasteiger charge is -2.32. The topological polar surface area (TPSA) is 41.6 Å². The summed E-state index contributed by atoms with van der Waals surface area (Å²) in [5.74, 6) is -2.44. The molecule has 2 rings (SSSR count). The number of nitrogens with one attached hydrogen (secondary N) is 1. The summed E-state index contributed by atoms with van der Waals surface area (Å²) >= 11 is 0. The Morgan fingerprint density at radius 3 is 2.81 bits per heavy atom. The van der Waals surface area contributed by atoms with E-state index in [9.17, 15) is 13.6 Å². The van der Waals surface area contributed by atoms with E-state index in [2.05, 4.69) is 15.0 Å². The van der Waals surface area contributed by atoms with Crippen LogP contribution < -0.4 is 5.32 Å². The molecule has 0 spiro atoms. The van der Waals surface area contributed by atoms with Gasteiger partial charge in [-0.25, -0.2) is 13.6 Å². The number of likely N-dealkylation sites (tertiary alicyclic amines) is 1. The van der Waals surface area contributed by atoms with Gasteiger partial charge in [-0.3, -0.25) is 0 Å². The van der Waals surface area contributed by atoms with Gasteiger partial charge in [0.1, 0.15) is 11.6 Å². The maximum Gasteiger partial charge on any atom is 0.340 e. The van der Waals surface area contributed by atoms with Gasteiger partial charge in [0.05, 0.1) is 18.4 Å². The molecule has 1 unspecified atom stereocenters. The fourth-order valence-corrected chi connectivity index (χ4v) is 2.58. The molecule has 0 amide bonds. The number of ether oxygens (including phenoxy) is 1. The van der Waals surface area contributed by atoms with E-state index >= 15 is 0 Å². The highest BCUT2D eigenvalue weighted by atomic mass is 19.1. The second kappa shape index (κ2) is 6.85. The summed E-state index contributed by atoms with van der Waals surface area (Å²) in [6, 6.07) is 2.18. The maximum atomic E-state index is 13.8. The third kappa shape index (κ3) is 3.69. The number of esters is 1. The van der Waals surface area contributed by atoms with E-state index in [0.29, 0.717) is 18.7 Å². The van der Waals surface area contributed by atoms with Crippen LogP contribution in [-0.2, 0) is 4.74 Å². The van der Waals surface area contributed by atoms with Crippen LogP contribution in [0.15, 0.2) is 12.1 Å². The average molecular weight is 298 g/mol. The van der Waals surface area contributed by atoms with Gasteiger partial charge >= 0.3 is 5.97 Å².